The number of carbonyl (C=O) groups is 2. The van der Waals surface area contributed by atoms with Gasteiger partial charge in [0.05, 0.1) is 22.4 Å². The molecule has 0 aliphatic carbocycles. The first-order valence-electron chi connectivity index (χ1n) is 10.1. The molecule has 0 spiro atoms. The summed E-state index contributed by atoms with van der Waals surface area (Å²) in [6.45, 7) is 2.91. The van der Waals surface area contributed by atoms with E-state index in [9.17, 15) is 23.3 Å². The number of rotatable bonds is 4. The third-order valence-corrected chi connectivity index (χ3v) is 10.4. The Morgan fingerprint density at radius 1 is 1.28 bits per heavy atom. The lowest BCUT2D eigenvalue weighted by atomic mass is 9.98. The van der Waals surface area contributed by atoms with Gasteiger partial charge in [-0.05, 0) is 37.0 Å². The highest BCUT2D eigenvalue weighted by Gasteiger charge is 2.35. The van der Waals surface area contributed by atoms with E-state index in [-0.39, 0.29) is 22.6 Å². The highest BCUT2D eigenvalue weighted by atomic mass is 35.5. The molecule has 0 radical (unpaired) electrons. The number of nitrogens with zero attached hydrogens (tertiary/aromatic N) is 3. The molecule has 2 aromatic rings. The number of nitrogens with one attached hydrogen (secondary N) is 1. The second-order valence-corrected chi connectivity index (χ2v) is 12.7. The topological polar surface area (TPSA) is 111 Å². The third kappa shape index (κ3) is 4.43. The first-order chi connectivity index (χ1) is 15.2. The summed E-state index contributed by atoms with van der Waals surface area (Å²) >= 11 is 8.21. The summed E-state index contributed by atoms with van der Waals surface area (Å²) in [7, 11) is -3.71. The van der Waals surface area contributed by atoms with Crippen molar-refractivity contribution in [3.8, 4) is 6.07 Å². The van der Waals surface area contributed by atoms with Crippen molar-refractivity contribution in [2.75, 3.05) is 25.0 Å². The predicted molar refractivity (Wildman–Crippen MR) is 123 cm³/mol. The van der Waals surface area contributed by atoms with Gasteiger partial charge in [-0.2, -0.15) is 9.57 Å². The molecule has 0 bridgehead atoms. The van der Waals surface area contributed by atoms with E-state index in [1.54, 1.807) is 11.0 Å². The van der Waals surface area contributed by atoms with Gasteiger partial charge in [0.2, 0.25) is 11.8 Å². The molecule has 12 heteroatoms. The van der Waals surface area contributed by atoms with E-state index in [1.807, 2.05) is 0 Å². The minimum atomic E-state index is -3.71. The highest BCUT2D eigenvalue weighted by molar-refractivity contribution is 7.91. The fraction of sp³-hybridized carbons (Fsp3) is 0.450. The summed E-state index contributed by atoms with van der Waals surface area (Å²) in [6, 6.07) is 5.21. The van der Waals surface area contributed by atoms with Gasteiger partial charge in [-0.15, -0.1) is 22.7 Å². The molecule has 4 heterocycles. The molecule has 1 fully saturated rings. The number of halogens is 1. The van der Waals surface area contributed by atoms with Crippen molar-refractivity contribution < 1.29 is 18.0 Å². The van der Waals surface area contributed by atoms with Gasteiger partial charge < -0.3 is 10.2 Å². The molecule has 32 heavy (non-hydrogen) atoms. The third-order valence-electron chi connectivity index (χ3n) is 5.75. The van der Waals surface area contributed by atoms with Gasteiger partial charge in [-0.1, -0.05) is 11.6 Å². The van der Waals surface area contributed by atoms with Crippen LogP contribution >= 0.6 is 34.3 Å². The summed E-state index contributed by atoms with van der Waals surface area (Å²) in [5.74, 6) is -0.843. The zero-order valence-electron chi connectivity index (χ0n) is 17.3. The van der Waals surface area contributed by atoms with E-state index in [0.717, 1.165) is 21.8 Å². The summed E-state index contributed by atoms with van der Waals surface area (Å²) in [4.78, 5) is 27.3. The second-order valence-electron chi connectivity index (χ2n) is 7.76. The lowest BCUT2D eigenvalue weighted by Gasteiger charge is -2.30. The van der Waals surface area contributed by atoms with Crippen molar-refractivity contribution >= 4 is 61.1 Å². The maximum absolute atomic E-state index is 13.0. The van der Waals surface area contributed by atoms with Gasteiger partial charge in [0.1, 0.15) is 15.3 Å². The molecule has 1 unspecified atom stereocenters. The Labute approximate surface area is 199 Å². The van der Waals surface area contributed by atoms with Gasteiger partial charge >= 0.3 is 0 Å². The molecule has 170 valence electrons. The van der Waals surface area contributed by atoms with Crippen LogP contribution in [0.2, 0.25) is 4.34 Å². The largest absolute Gasteiger partial charge is 0.337 e. The molecular weight excluding hydrogens is 492 g/mol. The van der Waals surface area contributed by atoms with Crippen molar-refractivity contribution in [3.05, 3.63) is 32.5 Å². The monoisotopic (exact) mass is 512 g/mol. The number of sulfonamides is 1. The minimum absolute atomic E-state index is 0.0244. The number of hydrogen-bond acceptors (Lipinski definition) is 7. The normalized spacial score (nSPS) is 19.3. The van der Waals surface area contributed by atoms with Gasteiger partial charge in [0.15, 0.2) is 0 Å². The van der Waals surface area contributed by atoms with E-state index in [2.05, 4.69) is 11.4 Å². The van der Waals surface area contributed by atoms with Gasteiger partial charge in [-0.25, -0.2) is 8.42 Å². The molecule has 8 nitrogen and oxygen atoms in total. The maximum atomic E-state index is 13.0. The van der Waals surface area contributed by atoms with Gasteiger partial charge in [0.25, 0.3) is 10.0 Å². The van der Waals surface area contributed by atoms with Crippen LogP contribution in [-0.2, 0) is 32.6 Å². The van der Waals surface area contributed by atoms with Crippen LogP contribution in [0, 0.1) is 17.2 Å². The van der Waals surface area contributed by atoms with Crippen LogP contribution in [0.15, 0.2) is 16.3 Å². The molecule has 1 atom stereocenters. The quantitative estimate of drug-likeness (QED) is 0.675. The molecule has 2 aliphatic heterocycles. The SMILES string of the molecule is CC(=O)N1CCc2c(sc(NC(=O)C3CCCN(S(=O)(=O)c4ccc(Cl)s4)C3)c2C#N)C1. The predicted octanol–water partition coefficient (Wildman–Crippen LogP) is 3.28. The fourth-order valence-corrected chi connectivity index (χ4v) is 8.41. The summed E-state index contributed by atoms with van der Waals surface area (Å²) in [5.41, 5.74) is 1.32. The Bertz CT molecular complexity index is 1210. The number of anilines is 1. The zero-order chi connectivity index (χ0) is 23.0. The minimum Gasteiger partial charge on any atom is -0.337 e. The fourth-order valence-electron chi connectivity index (χ4n) is 4.03. The van der Waals surface area contributed by atoms with Crippen molar-refractivity contribution in [2.24, 2.45) is 5.92 Å². The number of amides is 2. The highest BCUT2D eigenvalue weighted by Crippen LogP contribution is 2.37. The van der Waals surface area contributed by atoms with E-state index >= 15 is 0 Å². The van der Waals surface area contributed by atoms with Crippen LogP contribution in [0.1, 0.15) is 35.8 Å². The molecule has 4 rings (SSSR count). The van der Waals surface area contributed by atoms with Crippen LogP contribution in [0.4, 0.5) is 5.00 Å². The van der Waals surface area contributed by atoms with Gasteiger partial charge in [-0.3, -0.25) is 9.59 Å². The van der Waals surface area contributed by atoms with E-state index in [0.29, 0.717) is 53.8 Å². The molecule has 0 saturated carbocycles. The lowest BCUT2D eigenvalue weighted by molar-refractivity contribution is -0.129. The Morgan fingerprint density at radius 3 is 2.72 bits per heavy atom. The summed E-state index contributed by atoms with van der Waals surface area (Å²) < 4.78 is 27.7. The number of hydrogen-bond donors (Lipinski definition) is 1. The number of thiophene rings is 2. The molecule has 2 aliphatic rings. The summed E-state index contributed by atoms with van der Waals surface area (Å²) in [5, 5.41) is 13.0. The molecule has 1 N–H and O–H groups in total. The molecule has 2 aromatic heterocycles. The molecule has 2 amide bonds. The smallest absolute Gasteiger partial charge is 0.252 e. The molecule has 1 saturated heterocycles. The average molecular weight is 513 g/mol. The van der Waals surface area contributed by atoms with Gasteiger partial charge in [0, 0.05) is 31.4 Å². The van der Waals surface area contributed by atoms with Crippen LogP contribution in [0.5, 0.6) is 0 Å². The standard InChI is InChI=1S/C20H21ClN4O4S3/c1-12(26)24-8-6-14-15(9-22)20(30-16(14)11-24)23-19(27)13-3-2-7-25(10-13)32(28,29)18-5-4-17(21)31-18/h4-5,13H,2-3,6-8,10-11H2,1H3,(H,23,27). The van der Waals surface area contributed by atoms with E-state index < -0.39 is 15.9 Å². The van der Waals surface area contributed by atoms with Crippen LogP contribution in [0.25, 0.3) is 0 Å². The second kappa shape index (κ2) is 9.11. The Balaban J connectivity index is 1.50. The van der Waals surface area contributed by atoms with Crippen molar-refractivity contribution in [1.82, 2.24) is 9.21 Å². The first-order valence-corrected chi connectivity index (χ1v) is 13.5. The van der Waals surface area contributed by atoms with Crippen molar-refractivity contribution in [2.45, 2.75) is 36.9 Å². The molecular formula is C20H21ClN4O4S3. The molecule has 0 aromatic carbocycles. The van der Waals surface area contributed by atoms with Crippen LogP contribution in [0.3, 0.4) is 0 Å². The average Bonchev–Trinajstić information content (AvgIpc) is 3.36. The van der Waals surface area contributed by atoms with E-state index in [4.69, 9.17) is 11.6 Å². The Morgan fingerprint density at radius 2 is 2.06 bits per heavy atom. The maximum Gasteiger partial charge on any atom is 0.252 e. The summed E-state index contributed by atoms with van der Waals surface area (Å²) in [6.07, 6.45) is 1.70. The van der Waals surface area contributed by atoms with Crippen molar-refractivity contribution in [3.63, 3.8) is 0 Å². The Hall–Kier alpha value is -1.97. The van der Waals surface area contributed by atoms with E-state index in [1.165, 1.54) is 28.6 Å². The van der Waals surface area contributed by atoms with Crippen LogP contribution < -0.4 is 5.32 Å². The lowest BCUT2D eigenvalue weighted by Crippen LogP contribution is -2.43. The number of fused-ring (bicyclic) bond motifs is 1. The number of nitriles is 1. The van der Waals surface area contributed by atoms with Crippen molar-refractivity contribution in [1.29, 1.82) is 5.26 Å². The zero-order valence-corrected chi connectivity index (χ0v) is 20.5. The Kier molecular flexibility index (Phi) is 6.61. The number of carbonyl (C=O) groups excluding carboxylic acids is 2. The first kappa shape index (κ1) is 23.2. The number of piperidine rings is 1. The van der Waals surface area contributed by atoms with Crippen LogP contribution in [-0.4, -0.2) is 49.1 Å².